The van der Waals surface area contributed by atoms with Crippen LogP contribution >= 0.6 is 0 Å². The number of hydrogen-bond acceptors (Lipinski definition) is 3. The molecule has 2 aromatic rings. The molecule has 0 heterocycles. The molecule has 0 N–H and O–H groups in total. The molecule has 3 nitrogen and oxygen atoms in total. The second-order valence-electron chi connectivity index (χ2n) is 4.75. The van der Waals surface area contributed by atoms with Gasteiger partial charge in [0.1, 0.15) is 10.1 Å². The van der Waals surface area contributed by atoms with Crippen LogP contribution in [0.3, 0.4) is 0 Å². The van der Waals surface area contributed by atoms with E-state index in [0.717, 1.165) is 30.0 Å². The Morgan fingerprint density at radius 3 is 2.42 bits per heavy atom. The first-order valence-corrected chi connectivity index (χ1v) is 7.47. The fourth-order valence-electron chi connectivity index (χ4n) is 2.71. The average molecular weight is 284 g/mol. The van der Waals surface area contributed by atoms with E-state index in [1.54, 1.807) is 6.07 Å². The molecular weight excluding hydrogens is 271 g/mol. The van der Waals surface area contributed by atoms with Crippen molar-refractivity contribution < 1.29 is 42.5 Å². The second kappa shape index (κ2) is 5.54. The third kappa shape index (κ3) is 2.88. The van der Waals surface area contributed by atoms with Gasteiger partial charge in [0.25, 0.3) is 0 Å². The summed E-state index contributed by atoms with van der Waals surface area (Å²) in [5, 5.41) is 1.92. The fraction of sp³-hybridized carbons (Fsp3) is 0.286. The minimum atomic E-state index is -4.37. The quantitative estimate of drug-likeness (QED) is 0.530. The van der Waals surface area contributed by atoms with Gasteiger partial charge < -0.3 is 4.55 Å². The summed E-state index contributed by atoms with van der Waals surface area (Å²) in [5.74, 6) is 0. The maximum absolute atomic E-state index is 11.1. The van der Waals surface area contributed by atoms with Crippen LogP contribution < -0.4 is 29.6 Å². The predicted molar refractivity (Wildman–Crippen MR) is 68.6 cm³/mol. The molecule has 0 unspecified atom stereocenters. The van der Waals surface area contributed by atoms with E-state index in [0.29, 0.717) is 0 Å². The van der Waals surface area contributed by atoms with Gasteiger partial charge in [-0.1, -0.05) is 18.2 Å². The maximum atomic E-state index is 11.1. The first-order valence-electron chi connectivity index (χ1n) is 6.06. The topological polar surface area (TPSA) is 57.2 Å². The smallest absolute Gasteiger partial charge is 0.744 e. The average Bonchev–Trinajstić information content (AvgIpc) is 2.37. The van der Waals surface area contributed by atoms with E-state index >= 15 is 0 Å². The molecule has 1 aliphatic rings. The molecule has 0 radical (unpaired) electrons. The molecule has 0 aliphatic heterocycles. The summed E-state index contributed by atoms with van der Waals surface area (Å²) in [6.07, 6.45) is 4.31. The van der Waals surface area contributed by atoms with Crippen molar-refractivity contribution >= 4 is 20.9 Å². The Balaban J connectivity index is 0.00000133. The summed E-state index contributed by atoms with van der Waals surface area (Å²) in [5.41, 5.74) is 2.50. The van der Waals surface area contributed by atoms with Gasteiger partial charge in [-0.15, -0.1) is 0 Å². The van der Waals surface area contributed by atoms with Crippen molar-refractivity contribution in [2.75, 3.05) is 0 Å². The van der Waals surface area contributed by atoms with Gasteiger partial charge in [-0.25, -0.2) is 8.42 Å². The number of aryl methyl sites for hydroxylation is 2. The van der Waals surface area contributed by atoms with Crippen molar-refractivity contribution in [2.24, 2.45) is 0 Å². The summed E-state index contributed by atoms with van der Waals surface area (Å²) in [4.78, 5) is -0.131. The van der Waals surface area contributed by atoms with Crippen LogP contribution in [0.4, 0.5) is 0 Å². The van der Waals surface area contributed by atoms with Crippen molar-refractivity contribution in [2.45, 2.75) is 30.6 Å². The predicted octanol–water partition coefficient (Wildman–Crippen LogP) is -0.373. The van der Waals surface area contributed by atoms with Gasteiger partial charge in [0.15, 0.2) is 0 Å². The van der Waals surface area contributed by atoms with Crippen LogP contribution in [-0.4, -0.2) is 13.0 Å². The normalized spacial score (nSPS) is 14.8. The number of hydrogen-bond donors (Lipinski definition) is 0. The summed E-state index contributed by atoms with van der Waals surface area (Å²) < 4.78 is 33.3. The van der Waals surface area contributed by atoms with Crippen LogP contribution in [0.25, 0.3) is 10.8 Å². The summed E-state index contributed by atoms with van der Waals surface area (Å²) >= 11 is 0. The molecule has 19 heavy (non-hydrogen) atoms. The fourth-order valence-corrected chi connectivity index (χ4v) is 3.21. The zero-order chi connectivity index (χ0) is 12.8. The molecule has 5 heteroatoms. The molecule has 0 saturated heterocycles. The Morgan fingerprint density at radius 1 is 1.00 bits per heavy atom. The SMILES string of the molecule is O=S(=O)([O-])c1ccc2ccc3c(c2c1)CCCC3.[Na+]. The zero-order valence-electron chi connectivity index (χ0n) is 10.8. The van der Waals surface area contributed by atoms with Crippen molar-refractivity contribution in [3.63, 3.8) is 0 Å². The molecule has 3 rings (SSSR count). The monoisotopic (exact) mass is 284 g/mol. The van der Waals surface area contributed by atoms with Crippen molar-refractivity contribution in [1.82, 2.24) is 0 Å². The molecule has 94 valence electrons. The Hall–Kier alpha value is -0.390. The largest absolute Gasteiger partial charge is 1.00 e. The minimum Gasteiger partial charge on any atom is -0.744 e. The summed E-state index contributed by atoms with van der Waals surface area (Å²) in [6, 6.07) is 8.75. The minimum absolute atomic E-state index is 0. The molecule has 2 aromatic carbocycles. The first-order chi connectivity index (χ1) is 8.55. The third-order valence-corrected chi connectivity index (χ3v) is 4.44. The molecule has 0 fully saturated rings. The van der Waals surface area contributed by atoms with E-state index in [1.165, 1.54) is 29.7 Å². The van der Waals surface area contributed by atoms with Crippen LogP contribution in [0.2, 0.25) is 0 Å². The zero-order valence-corrected chi connectivity index (χ0v) is 13.7. The number of fused-ring (bicyclic) bond motifs is 3. The first kappa shape index (κ1) is 15.0. The summed E-state index contributed by atoms with van der Waals surface area (Å²) in [7, 11) is -4.37. The molecule has 1 aliphatic carbocycles. The van der Waals surface area contributed by atoms with E-state index < -0.39 is 10.1 Å². The Labute approximate surface area is 135 Å². The molecule has 0 bridgehead atoms. The van der Waals surface area contributed by atoms with Crippen LogP contribution in [0.15, 0.2) is 35.2 Å². The van der Waals surface area contributed by atoms with Gasteiger partial charge in [-0.3, -0.25) is 0 Å². The van der Waals surface area contributed by atoms with Crippen LogP contribution in [0, 0.1) is 0 Å². The van der Waals surface area contributed by atoms with Crippen LogP contribution in [0.1, 0.15) is 24.0 Å². The van der Waals surface area contributed by atoms with Gasteiger partial charge in [0.2, 0.25) is 0 Å². The van der Waals surface area contributed by atoms with Crippen molar-refractivity contribution in [3.05, 3.63) is 41.5 Å². The Bertz CT molecular complexity index is 723. The number of benzene rings is 2. The van der Waals surface area contributed by atoms with Crippen LogP contribution in [-0.2, 0) is 23.0 Å². The van der Waals surface area contributed by atoms with Crippen molar-refractivity contribution in [1.29, 1.82) is 0 Å². The molecule has 0 aromatic heterocycles. The van der Waals surface area contributed by atoms with Gasteiger partial charge in [-0.05, 0) is 59.7 Å². The van der Waals surface area contributed by atoms with E-state index in [4.69, 9.17) is 0 Å². The standard InChI is InChI=1S/C14H14O3S.Na/c15-18(16,17)12-8-7-11-6-5-10-3-1-2-4-13(10)14(11)9-12;/h5-9H,1-4H2,(H,15,16,17);/q;+1/p-1. The van der Waals surface area contributed by atoms with Crippen LogP contribution in [0.5, 0.6) is 0 Å². The maximum Gasteiger partial charge on any atom is 1.00 e. The van der Waals surface area contributed by atoms with Gasteiger partial charge in [-0.2, -0.15) is 0 Å². The Kier molecular flexibility index (Phi) is 4.38. The van der Waals surface area contributed by atoms with E-state index in [1.807, 2.05) is 6.07 Å². The van der Waals surface area contributed by atoms with Gasteiger partial charge >= 0.3 is 29.6 Å². The molecule has 0 spiro atoms. The third-order valence-electron chi connectivity index (χ3n) is 3.61. The molecule has 0 amide bonds. The Morgan fingerprint density at radius 2 is 1.68 bits per heavy atom. The van der Waals surface area contributed by atoms with E-state index in [-0.39, 0.29) is 34.5 Å². The number of rotatable bonds is 1. The molecular formula is C14H13NaO3S. The van der Waals surface area contributed by atoms with Gasteiger partial charge in [0.05, 0.1) is 4.90 Å². The molecule has 0 atom stereocenters. The second-order valence-corrected chi connectivity index (χ2v) is 6.13. The van der Waals surface area contributed by atoms with Gasteiger partial charge in [0, 0.05) is 0 Å². The van der Waals surface area contributed by atoms with Crippen molar-refractivity contribution in [3.8, 4) is 0 Å². The summed E-state index contributed by atoms with van der Waals surface area (Å²) in [6.45, 7) is 0. The molecule has 0 saturated carbocycles. The van der Waals surface area contributed by atoms with E-state index in [9.17, 15) is 13.0 Å². The van der Waals surface area contributed by atoms with E-state index in [2.05, 4.69) is 6.07 Å².